The van der Waals surface area contributed by atoms with Gasteiger partial charge in [-0.25, -0.2) is 4.39 Å². The van der Waals surface area contributed by atoms with Gasteiger partial charge in [-0.3, -0.25) is 0 Å². The van der Waals surface area contributed by atoms with Crippen LogP contribution in [0.5, 0.6) is 0 Å². The molecular weight excluding hydrogens is 247 g/mol. The van der Waals surface area contributed by atoms with Gasteiger partial charge in [-0.2, -0.15) is 11.8 Å². The van der Waals surface area contributed by atoms with Crippen LogP contribution in [0.15, 0.2) is 18.2 Å². The largest absolute Gasteiger partial charge is 0.370 e. The Morgan fingerprint density at radius 2 is 2.17 bits per heavy atom. The SMILES string of the molecule is CNC(C)c1c(F)cccc1N1CCCSCC1. The molecule has 1 atom stereocenters. The third-order valence-electron chi connectivity index (χ3n) is 3.46. The van der Waals surface area contributed by atoms with E-state index < -0.39 is 0 Å². The minimum Gasteiger partial charge on any atom is -0.370 e. The Bertz CT molecular complexity index is 389. The summed E-state index contributed by atoms with van der Waals surface area (Å²) >= 11 is 1.99. The second kappa shape index (κ2) is 6.43. The Kier molecular flexibility index (Phi) is 4.89. The number of rotatable bonds is 3. The quantitative estimate of drug-likeness (QED) is 0.907. The van der Waals surface area contributed by atoms with E-state index in [2.05, 4.69) is 10.2 Å². The van der Waals surface area contributed by atoms with Gasteiger partial charge < -0.3 is 10.2 Å². The van der Waals surface area contributed by atoms with Gasteiger partial charge in [0.1, 0.15) is 5.82 Å². The van der Waals surface area contributed by atoms with Gasteiger partial charge in [-0.15, -0.1) is 0 Å². The van der Waals surface area contributed by atoms with Crippen molar-refractivity contribution in [3.05, 3.63) is 29.6 Å². The number of benzene rings is 1. The lowest BCUT2D eigenvalue weighted by Crippen LogP contribution is -2.28. The fraction of sp³-hybridized carbons (Fsp3) is 0.571. The van der Waals surface area contributed by atoms with Gasteiger partial charge in [0.05, 0.1) is 0 Å². The average molecular weight is 268 g/mol. The molecule has 1 aromatic rings. The Hall–Kier alpha value is -0.740. The van der Waals surface area contributed by atoms with E-state index in [4.69, 9.17) is 0 Å². The van der Waals surface area contributed by atoms with E-state index >= 15 is 0 Å². The highest BCUT2D eigenvalue weighted by Crippen LogP contribution is 2.30. The summed E-state index contributed by atoms with van der Waals surface area (Å²) in [6.45, 7) is 4.05. The summed E-state index contributed by atoms with van der Waals surface area (Å²) < 4.78 is 14.1. The molecule has 0 spiro atoms. The second-order valence-corrected chi connectivity index (χ2v) is 5.86. The van der Waals surface area contributed by atoms with Crippen LogP contribution in [0.4, 0.5) is 10.1 Å². The van der Waals surface area contributed by atoms with Gasteiger partial charge in [-0.1, -0.05) is 6.07 Å². The van der Waals surface area contributed by atoms with E-state index in [1.807, 2.05) is 37.9 Å². The molecule has 0 amide bonds. The summed E-state index contributed by atoms with van der Waals surface area (Å²) in [5, 5.41) is 3.15. The molecule has 4 heteroatoms. The molecule has 1 fully saturated rings. The summed E-state index contributed by atoms with van der Waals surface area (Å²) in [7, 11) is 1.87. The molecule has 0 radical (unpaired) electrons. The van der Waals surface area contributed by atoms with E-state index in [0.717, 1.165) is 30.1 Å². The number of nitrogens with one attached hydrogen (secondary N) is 1. The zero-order chi connectivity index (χ0) is 13.0. The molecule has 0 aliphatic carbocycles. The van der Waals surface area contributed by atoms with Crippen molar-refractivity contribution in [2.24, 2.45) is 0 Å². The molecule has 1 aliphatic rings. The molecule has 0 aromatic heterocycles. The van der Waals surface area contributed by atoms with Crippen molar-refractivity contribution in [2.45, 2.75) is 19.4 Å². The van der Waals surface area contributed by atoms with Crippen LogP contribution in [0.1, 0.15) is 24.9 Å². The van der Waals surface area contributed by atoms with Crippen molar-refractivity contribution in [2.75, 3.05) is 36.5 Å². The summed E-state index contributed by atoms with van der Waals surface area (Å²) in [5.74, 6) is 2.23. The maximum absolute atomic E-state index is 14.1. The fourth-order valence-corrected chi connectivity index (χ4v) is 3.25. The maximum Gasteiger partial charge on any atom is 0.130 e. The number of hydrogen-bond donors (Lipinski definition) is 1. The predicted octanol–water partition coefficient (Wildman–Crippen LogP) is 3.05. The van der Waals surface area contributed by atoms with Crippen molar-refractivity contribution in [1.29, 1.82) is 0 Å². The molecule has 2 rings (SSSR count). The van der Waals surface area contributed by atoms with Crippen molar-refractivity contribution < 1.29 is 4.39 Å². The lowest BCUT2D eigenvalue weighted by atomic mass is 10.0. The first-order chi connectivity index (χ1) is 8.74. The van der Waals surface area contributed by atoms with Crippen LogP contribution in [0.2, 0.25) is 0 Å². The Morgan fingerprint density at radius 3 is 2.94 bits per heavy atom. The molecule has 0 bridgehead atoms. The highest BCUT2D eigenvalue weighted by molar-refractivity contribution is 7.99. The Labute approximate surface area is 113 Å². The topological polar surface area (TPSA) is 15.3 Å². The van der Waals surface area contributed by atoms with Crippen LogP contribution in [-0.4, -0.2) is 31.6 Å². The van der Waals surface area contributed by atoms with Crippen molar-refractivity contribution in [1.82, 2.24) is 5.32 Å². The third kappa shape index (κ3) is 2.98. The molecule has 1 N–H and O–H groups in total. The minimum atomic E-state index is -0.105. The molecule has 100 valence electrons. The summed E-state index contributed by atoms with van der Waals surface area (Å²) in [5.41, 5.74) is 1.85. The smallest absolute Gasteiger partial charge is 0.130 e. The van der Waals surface area contributed by atoms with E-state index in [-0.39, 0.29) is 11.9 Å². The molecule has 0 saturated carbocycles. The normalized spacial score (nSPS) is 18.5. The summed E-state index contributed by atoms with van der Waals surface area (Å²) in [6, 6.07) is 5.45. The molecule has 1 aliphatic heterocycles. The predicted molar refractivity (Wildman–Crippen MR) is 78.0 cm³/mol. The van der Waals surface area contributed by atoms with Crippen molar-refractivity contribution >= 4 is 17.4 Å². The van der Waals surface area contributed by atoms with Crippen molar-refractivity contribution in [3.63, 3.8) is 0 Å². The first-order valence-corrected chi connectivity index (χ1v) is 7.68. The summed E-state index contributed by atoms with van der Waals surface area (Å²) in [6.07, 6.45) is 1.18. The number of thioether (sulfide) groups is 1. The lowest BCUT2D eigenvalue weighted by molar-refractivity contribution is 0.560. The van der Waals surface area contributed by atoms with Gasteiger partial charge in [0.2, 0.25) is 0 Å². The Balaban J connectivity index is 2.33. The lowest BCUT2D eigenvalue weighted by Gasteiger charge is -2.27. The molecule has 18 heavy (non-hydrogen) atoms. The number of anilines is 1. The van der Waals surface area contributed by atoms with Crippen LogP contribution in [-0.2, 0) is 0 Å². The third-order valence-corrected chi connectivity index (χ3v) is 4.51. The molecule has 1 unspecified atom stereocenters. The number of nitrogens with zero attached hydrogens (tertiary/aromatic N) is 1. The molecule has 1 heterocycles. The zero-order valence-corrected chi connectivity index (χ0v) is 11.9. The first-order valence-electron chi connectivity index (χ1n) is 6.52. The molecule has 1 saturated heterocycles. The number of hydrogen-bond acceptors (Lipinski definition) is 3. The standard InChI is InChI=1S/C14H21FN2S/c1-11(16-2)14-12(15)5-3-6-13(14)17-7-4-9-18-10-8-17/h3,5-6,11,16H,4,7-10H2,1-2H3. The van der Waals surface area contributed by atoms with Gasteiger partial charge in [-0.05, 0) is 38.3 Å². The second-order valence-electron chi connectivity index (χ2n) is 4.64. The molecular formula is C14H21FN2S. The minimum absolute atomic E-state index is 0.0390. The van der Waals surface area contributed by atoms with E-state index in [1.54, 1.807) is 6.07 Å². The van der Waals surface area contributed by atoms with E-state index in [9.17, 15) is 4.39 Å². The van der Waals surface area contributed by atoms with Gasteiger partial charge in [0.25, 0.3) is 0 Å². The number of halogens is 1. The van der Waals surface area contributed by atoms with Crippen LogP contribution in [0.25, 0.3) is 0 Å². The fourth-order valence-electron chi connectivity index (χ4n) is 2.36. The van der Waals surface area contributed by atoms with Crippen LogP contribution < -0.4 is 10.2 Å². The Morgan fingerprint density at radius 1 is 1.33 bits per heavy atom. The van der Waals surface area contributed by atoms with Gasteiger partial charge >= 0.3 is 0 Å². The summed E-state index contributed by atoms with van der Waals surface area (Å²) in [4.78, 5) is 2.33. The van der Waals surface area contributed by atoms with Crippen LogP contribution in [0, 0.1) is 5.82 Å². The highest BCUT2D eigenvalue weighted by atomic mass is 32.2. The van der Waals surface area contributed by atoms with Crippen LogP contribution >= 0.6 is 11.8 Å². The zero-order valence-electron chi connectivity index (χ0n) is 11.1. The highest BCUT2D eigenvalue weighted by Gasteiger charge is 2.19. The first kappa shape index (κ1) is 13.7. The van der Waals surface area contributed by atoms with Gasteiger partial charge in [0.15, 0.2) is 0 Å². The maximum atomic E-state index is 14.1. The monoisotopic (exact) mass is 268 g/mol. The molecule has 1 aromatic carbocycles. The van der Waals surface area contributed by atoms with Crippen molar-refractivity contribution in [3.8, 4) is 0 Å². The van der Waals surface area contributed by atoms with Crippen LogP contribution in [0.3, 0.4) is 0 Å². The average Bonchev–Trinajstić information content (AvgIpc) is 2.66. The van der Waals surface area contributed by atoms with Gasteiger partial charge in [0, 0.05) is 36.1 Å². The van der Waals surface area contributed by atoms with E-state index in [0.29, 0.717) is 0 Å². The van der Waals surface area contributed by atoms with E-state index in [1.165, 1.54) is 12.2 Å². The molecule has 2 nitrogen and oxygen atoms in total.